The zero-order chi connectivity index (χ0) is 14.0. The van der Waals surface area contributed by atoms with Gasteiger partial charge in [-0.2, -0.15) is 0 Å². The summed E-state index contributed by atoms with van der Waals surface area (Å²) < 4.78 is 5.44. The van der Waals surface area contributed by atoms with E-state index in [4.69, 9.17) is 10.5 Å². The van der Waals surface area contributed by atoms with Gasteiger partial charge in [-0.1, -0.05) is 0 Å². The molecule has 6 nitrogen and oxygen atoms in total. The zero-order valence-electron chi connectivity index (χ0n) is 10.7. The van der Waals surface area contributed by atoms with Crippen LogP contribution in [0, 0.1) is 0 Å². The average Bonchev–Trinajstić information content (AvgIpc) is 2.38. The van der Waals surface area contributed by atoms with Gasteiger partial charge in [0, 0.05) is 12.6 Å². The van der Waals surface area contributed by atoms with Crippen molar-refractivity contribution in [3.8, 4) is 11.5 Å². The standard InChI is InChI=1S/C13H18N2O4/c1-2-19-11-6-9(14)12(11)15-13(18)8-5-7(16)3-4-10(8)17/h3-5,9,11-12,16-17H,2,6,14H2,1H3,(H,15,18). The highest BCUT2D eigenvalue weighted by Crippen LogP contribution is 2.25. The van der Waals surface area contributed by atoms with Crippen LogP contribution in [-0.4, -0.2) is 40.9 Å². The third-order valence-electron chi connectivity index (χ3n) is 3.27. The van der Waals surface area contributed by atoms with Crippen LogP contribution in [0.4, 0.5) is 0 Å². The lowest BCUT2D eigenvalue weighted by Gasteiger charge is -2.42. The van der Waals surface area contributed by atoms with Crippen molar-refractivity contribution < 1.29 is 19.7 Å². The van der Waals surface area contributed by atoms with E-state index in [-0.39, 0.29) is 35.3 Å². The van der Waals surface area contributed by atoms with Crippen LogP contribution in [0.2, 0.25) is 0 Å². The Morgan fingerprint density at radius 3 is 2.89 bits per heavy atom. The van der Waals surface area contributed by atoms with Crippen molar-refractivity contribution in [2.75, 3.05) is 6.61 Å². The predicted octanol–water partition coefficient (Wildman–Crippen LogP) is 0.332. The number of rotatable bonds is 4. The summed E-state index contributed by atoms with van der Waals surface area (Å²) in [5, 5.41) is 21.7. The molecule has 0 saturated heterocycles. The van der Waals surface area contributed by atoms with E-state index in [1.165, 1.54) is 18.2 Å². The first-order chi connectivity index (χ1) is 9.02. The summed E-state index contributed by atoms with van der Waals surface area (Å²) in [5.74, 6) is -0.739. The van der Waals surface area contributed by atoms with Crippen molar-refractivity contribution in [3.63, 3.8) is 0 Å². The van der Waals surface area contributed by atoms with Gasteiger partial charge in [0.05, 0.1) is 17.7 Å². The first-order valence-electron chi connectivity index (χ1n) is 6.23. The van der Waals surface area contributed by atoms with Crippen molar-refractivity contribution in [1.29, 1.82) is 0 Å². The molecule has 1 fully saturated rings. The van der Waals surface area contributed by atoms with Gasteiger partial charge in [0.1, 0.15) is 11.5 Å². The zero-order valence-corrected chi connectivity index (χ0v) is 10.7. The summed E-state index contributed by atoms with van der Waals surface area (Å²) >= 11 is 0. The molecular formula is C13H18N2O4. The summed E-state index contributed by atoms with van der Waals surface area (Å²) in [6.45, 7) is 2.44. The number of benzene rings is 1. The molecule has 3 unspecified atom stereocenters. The molecule has 1 saturated carbocycles. The van der Waals surface area contributed by atoms with Crippen molar-refractivity contribution >= 4 is 5.91 Å². The molecule has 0 aliphatic heterocycles. The SMILES string of the molecule is CCOC1CC(N)C1NC(=O)c1cc(O)ccc1O. The van der Waals surface area contributed by atoms with Gasteiger partial charge in [0.2, 0.25) is 0 Å². The van der Waals surface area contributed by atoms with Crippen LogP contribution >= 0.6 is 0 Å². The Labute approximate surface area is 111 Å². The Hall–Kier alpha value is -1.79. The Morgan fingerprint density at radius 2 is 2.26 bits per heavy atom. The van der Waals surface area contributed by atoms with E-state index >= 15 is 0 Å². The minimum absolute atomic E-state index is 0.0225. The molecule has 2 rings (SSSR count). The molecule has 0 bridgehead atoms. The van der Waals surface area contributed by atoms with Gasteiger partial charge in [-0.05, 0) is 31.5 Å². The fourth-order valence-corrected chi connectivity index (χ4v) is 2.16. The Kier molecular flexibility index (Phi) is 3.92. The number of carbonyl (C=O) groups excluding carboxylic acids is 1. The molecule has 1 aliphatic carbocycles. The lowest BCUT2D eigenvalue weighted by molar-refractivity contribution is -0.0300. The van der Waals surface area contributed by atoms with Crippen LogP contribution in [0.5, 0.6) is 11.5 Å². The average molecular weight is 266 g/mol. The summed E-state index contributed by atoms with van der Waals surface area (Å²) in [5.41, 5.74) is 5.85. The normalized spacial score (nSPS) is 25.7. The molecule has 104 valence electrons. The second kappa shape index (κ2) is 5.46. The summed E-state index contributed by atoms with van der Waals surface area (Å²) in [4.78, 5) is 12.0. The molecule has 3 atom stereocenters. The Bertz CT molecular complexity index is 476. The van der Waals surface area contributed by atoms with Crippen LogP contribution in [0.15, 0.2) is 18.2 Å². The highest BCUT2D eigenvalue weighted by molar-refractivity contribution is 5.97. The van der Waals surface area contributed by atoms with Crippen LogP contribution in [-0.2, 0) is 4.74 Å². The highest BCUT2D eigenvalue weighted by atomic mass is 16.5. The number of nitrogens with one attached hydrogen (secondary N) is 1. The molecule has 0 heterocycles. The van der Waals surface area contributed by atoms with Crippen LogP contribution in [0.25, 0.3) is 0 Å². The molecule has 0 spiro atoms. The third-order valence-corrected chi connectivity index (χ3v) is 3.27. The van der Waals surface area contributed by atoms with Gasteiger partial charge in [0.25, 0.3) is 5.91 Å². The van der Waals surface area contributed by atoms with Gasteiger partial charge < -0.3 is 26.0 Å². The molecule has 0 radical (unpaired) electrons. The fraction of sp³-hybridized carbons (Fsp3) is 0.462. The molecule has 1 aliphatic rings. The monoisotopic (exact) mass is 266 g/mol. The van der Waals surface area contributed by atoms with E-state index in [9.17, 15) is 15.0 Å². The van der Waals surface area contributed by atoms with Crippen LogP contribution in [0.1, 0.15) is 23.7 Å². The lowest BCUT2D eigenvalue weighted by atomic mass is 9.83. The molecule has 1 aromatic carbocycles. The number of phenols is 2. The first kappa shape index (κ1) is 13.6. The molecule has 1 aromatic rings. The third kappa shape index (κ3) is 2.80. The summed E-state index contributed by atoms with van der Waals surface area (Å²) in [6, 6.07) is 3.37. The minimum atomic E-state index is -0.474. The quantitative estimate of drug-likeness (QED) is 0.588. The Morgan fingerprint density at radius 1 is 1.53 bits per heavy atom. The molecular weight excluding hydrogens is 248 g/mol. The van der Waals surface area contributed by atoms with Crippen LogP contribution in [0.3, 0.4) is 0 Å². The molecule has 1 amide bonds. The van der Waals surface area contributed by atoms with E-state index < -0.39 is 5.91 Å². The van der Waals surface area contributed by atoms with Gasteiger partial charge in [-0.3, -0.25) is 4.79 Å². The number of carbonyl (C=O) groups is 1. The number of hydrogen-bond acceptors (Lipinski definition) is 5. The predicted molar refractivity (Wildman–Crippen MR) is 69.0 cm³/mol. The second-order valence-electron chi connectivity index (χ2n) is 4.59. The molecule has 0 aromatic heterocycles. The van der Waals surface area contributed by atoms with Gasteiger partial charge >= 0.3 is 0 Å². The smallest absolute Gasteiger partial charge is 0.255 e. The van der Waals surface area contributed by atoms with E-state index in [1.54, 1.807) is 0 Å². The van der Waals surface area contributed by atoms with E-state index in [0.717, 1.165) is 0 Å². The van der Waals surface area contributed by atoms with Crippen molar-refractivity contribution in [3.05, 3.63) is 23.8 Å². The number of hydrogen-bond donors (Lipinski definition) is 4. The first-order valence-corrected chi connectivity index (χ1v) is 6.23. The van der Waals surface area contributed by atoms with Gasteiger partial charge in [0.15, 0.2) is 0 Å². The maximum atomic E-state index is 12.0. The Balaban J connectivity index is 2.06. The lowest BCUT2D eigenvalue weighted by Crippen LogP contribution is -2.64. The summed E-state index contributed by atoms with van der Waals surface area (Å²) in [7, 11) is 0. The maximum Gasteiger partial charge on any atom is 0.255 e. The van der Waals surface area contributed by atoms with E-state index in [1.807, 2.05) is 6.92 Å². The second-order valence-corrected chi connectivity index (χ2v) is 4.59. The minimum Gasteiger partial charge on any atom is -0.508 e. The van der Waals surface area contributed by atoms with Crippen molar-refractivity contribution in [2.24, 2.45) is 5.73 Å². The largest absolute Gasteiger partial charge is 0.508 e. The highest BCUT2D eigenvalue weighted by Gasteiger charge is 2.40. The van der Waals surface area contributed by atoms with E-state index in [2.05, 4.69) is 5.32 Å². The molecule has 6 heteroatoms. The number of ether oxygens (including phenoxy) is 1. The van der Waals surface area contributed by atoms with Crippen LogP contribution < -0.4 is 11.1 Å². The van der Waals surface area contributed by atoms with Crippen molar-refractivity contribution in [2.45, 2.75) is 31.5 Å². The van der Waals surface area contributed by atoms with Crippen molar-refractivity contribution in [1.82, 2.24) is 5.32 Å². The number of nitrogens with two attached hydrogens (primary N) is 1. The topological polar surface area (TPSA) is 105 Å². The molecule has 19 heavy (non-hydrogen) atoms. The summed E-state index contributed by atoms with van der Waals surface area (Å²) in [6.07, 6.45) is 0.605. The fourth-order valence-electron chi connectivity index (χ4n) is 2.16. The number of aromatic hydroxyl groups is 2. The van der Waals surface area contributed by atoms with E-state index in [0.29, 0.717) is 13.0 Å². The van der Waals surface area contributed by atoms with Gasteiger partial charge in [-0.25, -0.2) is 0 Å². The van der Waals surface area contributed by atoms with Gasteiger partial charge in [-0.15, -0.1) is 0 Å². The molecule has 5 N–H and O–H groups in total. The number of phenolic OH excluding ortho intramolecular Hbond substituents is 2. The number of amides is 1. The maximum absolute atomic E-state index is 12.0.